The Morgan fingerprint density at radius 3 is 2.31 bits per heavy atom. The summed E-state index contributed by atoms with van der Waals surface area (Å²) in [6.07, 6.45) is 0. The van der Waals surface area contributed by atoms with E-state index in [9.17, 15) is 4.79 Å². The fourth-order valence-corrected chi connectivity index (χ4v) is 1.35. The molecule has 0 heterocycles. The molecule has 1 aromatic rings. The number of halogens is 2. The molecule has 0 aromatic heterocycles. The Bertz CT molecular complexity index is 409. The zero-order valence-corrected chi connectivity index (χ0v) is 7.86. The molecule has 0 atom stereocenters. The number of primary amides is 1. The number of nitriles is 1. The van der Waals surface area contributed by atoms with Crippen LogP contribution in [0.2, 0.25) is 10.0 Å². The topological polar surface area (TPSA) is 66.9 Å². The lowest BCUT2D eigenvalue weighted by molar-refractivity contribution is 0.1000. The Kier molecular flexibility index (Phi) is 2.76. The quantitative estimate of drug-likeness (QED) is 0.777. The standard InChI is InChI=1S/C8H4Cl2N2O/c9-5-1-2-6(10)7(8(12)13)4(5)3-11/h1-2H,(H2,12,13). The highest BCUT2D eigenvalue weighted by molar-refractivity contribution is 6.36. The fraction of sp³-hybridized carbons (Fsp3) is 0. The molecule has 3 nitrogen and oxygen atoms in total. The van der Waals surface area contributed by atoms with Crippen molar-refractivity contribution in [3.05, 3.63) is 33.3 Å². The van der Waals surface area contributed by atoms with E-state index in [0.717, 1.165) is 0 Å². The third kappa shape index (κ3) is 1.74. The van der Waals surface area contributed by atoms with E-state index < -0.39 is 5.91 Å². The second kappa shape index (κ2) is 3.65. The van der Waals surface area contributed by atoms with Gasteiger partial charge in [0.05, 0.1) is 21.2 Å². The summed E-state index contributed by atoms with van der Waals surface area (Å²) in [5, 5.41) is 8.97. The summed E-state index contributed by atoms with van der Waals surface area (Å²) in [7, 11) is 0. The van der Waals surface area contributed by atoms with Crippen LogP contribution in [-0.4, -0.2) is 5.91 Å². The van der Waals surface area contributed by atoms with E-state index in [0.29, 0.717) is 0 Å². The number of amides is 1. The monoisotopic (exact) mass is 214 g/mol. The second-order valence-corrected chi connectivity index (χ2v) is 3.07. The third-order valence-corrected chi connectivity index (χ3v) is 2.09. The maximum Gasteiger partial charge on any atom is 0.251 e. The second-order valence-electron chi connectivity index (χ2n) is 2.26. The Morgan fingerprint density at radius 2 is 1.92 bits per heavy atom. The van der Waals surface area contributed by atoms with Gasteiger partial charge in [0.2, 0.25) is 0 Å². The van der Waals surface area contributed by atoms with Gasteiger partial charge >= 0.3 is 0 Å². The number of carbonyl (C=O) groups is 1. The first-order valence-corrected chi connectivity index (χ1v) is 4.01. The third-order valence-electron chi connectivity index (χ3n) is 1.46. The number of benzene rings is 1. The van der Waals surface area contributed by atoms with Crippen molar-refractivity contribution < 1.29 is 4.79 Å². The van der Waals surface area contributed by atoms with E-state index in [-0.39, 0.29) is 21.2 Å². The molecule has 13 heavy (non-hydrogen) atoms. The van der Waals surface area contributed by atoms with Gasteiger partial charge in [-0.3, -0.25) is 4.79 Å². The van der Waals surface area contributed by atoms with Crippen LogP contribution in [0.5, 0.6) is 0 Å². The molecule has 0 spiro atoms. The number of hydrogen-bond acceptors (Lipinski definition) is 2. The maximum atomic E-state index is 10.9. The van der Waals surface area contributed by atoms with Crippen LogP contribution in [-0.2, 0) is 0 Å². The minimum atomic E-state index is -0.760. The lowest BCUT2D eigenvalue weighted by Gasteiger charge is -2.02. The van der Waals surface area contributed by atoms with Crippen LogP contribution in [0.1, 0.15) is 15.9 Å². The van der Waals surface area contributed by atoms with Crippen molar-refractivity contribution in [2.75, 3.05) is 0 Å². The molecule has 0 aliphatic heterocycles. The van der Waals surface area contributed by atoms with Crippen molar-refractivity contribution in [2.24, 2.45) is 5.73 Å². The summed E-state index contributed by atoms with van der Waals surface area (Å²) in [6, 6.07) is 4.63. The van der Waals surface area contributed by atoms with E-state index in [1.54, 1.807) is 6.07 Å². The van der Waals surface area contributed by atoms with Crippen molar-refractivity contribution in [3.8, 4) is 6.07 Å². The molecule has 0 unspecified atom stereocenters. The Hall–Kier alpha value is -1.24. The maximum absolute atomic E-state index is 10.9. The van der Waals surface area contributed by atoms with Crippen LogP contribution >= 0.6 is 23.2 Å². The molecular weight excluding hydrogens is 211 g/mol. The Balaban J connectivity index is 3.55. The molecule has 1 amide bonds. The first-order chi connectivity index (χ1) is 6.07. The lowest BCUT2D eigenvalue weighted by Crippen LogP contribution is -2.13. The number of hydrogen-bond donors (Lipinski definition) is 1. The Labute approximate surface area is 84.7 Å². The van der Waals surface area contributed by atoms with Gasteiger partial charge in [-0.25, -0.2) is 0 Å². The van der Waals surface area contributed by atoms with Crippen molar-refractivity contribution in [1.29, 1.82) is 5.26 Å². The summed E-state index contributed by atoms with van der Waals surface area (Å²) >= 11 is 11.3. The van der Waals surface area contributed by atoms with Crippen molar-refractivity contribution in [2.45, 2.75) is 0 Å². The normalized spacial score (nSPS) is 9.31. The van der Waals surface area contributed by atoms with Gasteiger partial charge in [-0.1, -0.05) is 23.2 Å². The van der Waals surface area contributed by atoms with Crippen LogP contribution < -0.4 is 5.73 Å². The van der Waals surface area contributed by atoms with Crippen molar-refractivity contribution in [1.82, 2.24) is 0 Å². The molecule has 1 rings (SSSR count). The number of nitrogens with zero attached hydrogens (tertiary/aromatic N) is 1. The highest BCUT2D eigenvalue weighted by Crippen LogP contribution is 2.25. The van der Waals surface area contributed by atoms with E-state index in [1.807, 2.05) is 0 Å². The molecule has 0 aliphatic rings. The van der Waals surface area contributed by atoms with Gasteiger partial charge in [-0.05, 0) is 12.1 Å². The van der Waals surface area contributed by atoms with Crippen LogP contribution in [0.25, 0.3) is 0 Å². The Morgan fingerprint density at radius 1 is 1.38 bits per heavy atom. The molecule has 5 heteroatoms. The number of rotatable bonds is 1. The summed E-state index contributed by atoms with van der Waals surface area (Å²) in [6.45, 7) is 0. The van der Waals surface area contributed by atoms with Crippen LogP contribution in [0.4, 0.5) is 0 Å². The van der Waals surface area contributed by atoms with E-state index in [4.69, 9.17) is 34.2 Å². The molecule has 0 aliphatic carbocycles. The largest absolute Gasteiger partial charge is 0.366 e. The smallest absolute Gasteiger partial charge is 0.251 e. The number of carbonyl (C=O) groups excluding carboxylic acids is 1. The predicted molar refractivity (Wildman–Crippen MR) is 49.7 cm³/mol. The molecule has 0 bridgehead atoms. The van der Waals surface area contributed by atoms with Gasteiger partial charge in [0.1, 0.15) is 6.07 Å². The zero-order valence-electron chi connectivity index (χ0n) is 6.34. The highest BCUT2D eigenvalue weighted by Gasteiger charge is 2.15. The van der Waals surface area contributed by atoms with Crippen LogP contribution in [0.3, 0.4) is 0 Å². The SMILES string of the molecule is N#Cc1c(Cl)ccc(Cl)c1C(N)=O. The van der Waals surface area contributed by atoms with Gasteiger partial charge < -0.3 is 5.73 Å². The number of nitrogens with two attached hydrogens (primary N) is 1. The van der Waals surface area contributed by atoms with Gasteiger partial charge in [0.15, 0.2) is 0 Å². The van der Waals surface area contributed by atoms with Gasteiger partial charge in [-0.2, -0.15) is 5.26 Å². The van der Waals surface area contributed by atoms with Crippen molar-refractivity contribution >= 4 is 29.1 Å². The van der Waals surface area contributed by atoms with Crippen LogP contribution in [0.15, 0.2) is 12.1 Å². The molecule has 1 aromatic carbocycles. The molecule has 0 fully saturated rings. The molecule has 0 saturated heterocycles. The van der Waals surface area contributed by atoms with Crippen LogP contribution in [0, 0.1) is 11.3 Å². The molecule has 0 radical (unpaired) electrons. The first kappa shape index (κ1) is 9.85. The van der Waals surface area contributed by atoms with E-state index in [1.165, 1.54) is 12.1 Å². The lowest BCUT2D eigenvalue weighted by atomic mass is 10.1. The minimum absolute atomic E-state index is 0.0154. The summed E-state index contributed by atoms with van der Waals surface area (Å²) in [5.74, 6) is -0.760. The average Bonchev–Trinajstić information content (AvgIpc) is 2.07. The molecule has 2 N–H and O–H groups in total. The first-order valence-electron chi connectivity index (χ1n) is 3.26. The summed E-state index contributed by atoms with van der Waals surface area (Å²) in [5.41, 5.74) is 5.01. The van der Waals surface area contributed by atoms with Gasteiger partial charge in [0.25, 0.3) is 5.91 Å². The van der Waals surface area contributed by atoms with Gasteiger partial charge in [0, 0.05) is 0 Å². The van der Waals surface area contributed by atoms with Crippen molar-refractivity contribution in [3.63, 3.8) is 0 Å². The predicted octanol–water partition coefficient (Wildman–Crippen LogP) is 1.96. The highest BCUT2D eigenvalue weighted by atomic mass is 35.5. The van der Waals surface area contributed by atoms with E-state index >= 15 is 0 Å². The minimum Gasteiger partial charge on any atom is -0.366 e. The fourth-order valence-electron chi connectivity index (χ4n) is 0.902. The summed E-state index contributed by atoms with van der Waals surface area (Å²) in [4.78, 5) is 10.9. The average molecular weight is 215 g/mol. The zero-order chi connectivity index (χ0) is 10.0. The molecule has 0 saturated carbocycles. The summed E-state index contributed by atoms with van der Waals surface area (Å²) < 4.78 is 0. The molecule has 66 valence electrons. The van der Waals surface area contributed by atoms with E-state index in [2.05, 4.69) is 0 Å². The van der Waals surface area contributed by atoms with Gasteiger partial charge in [-0.15, -0.1) is 0 Å². The molecular formula is C8H4Cl2N2O.